The Labute approximate surface area is 142 Å². The van der Waals surface area contributed by atoms with Gasteiger partial charge in [0.25, 0.3) is 10.2 Å². The molecule has 0 bridgehead atoms. The van der Waals surface area contributed by atoms with E-state index in [1.54, 1.807) is 20.4 Å². The minimum Gasteiger partial charge on any atom is -0.354 e. The van der Waals surface area contributed by atoms with Gasteiger partial charge in [0.05, 0.1) is 5.69 Å². The number of hydrogen-bond donors (Lipinski definition) is 0. The van der Waals surface area contributed by atoms with Crippen molar-refractivity contribution in [2.75, 3.05) is 45.2 Å². The van der Waals surface area contributed by atoms with E-state index in [9.17, 15) is 8.42 Å². The maximum absolute atomic E-state index is 12.2. The average Bonchev–Trinajstić information content (AvgIpc) is 2.62. The van der Waals surface area contributed by atoms with Crippen LogP contribution in [-0.2, 0) is 10.2 Å². The average molecular weight is 347 g/mol. The highest BCUT2D eigenvalue weighted by Crippen LogP contribution is 2.21. The molecule has 0 aliphatic carbocycles. The van der Waals surface area contributed by atoms with Crippen LogP contribution in [0.1, 0.15) is 0 Å². The molecule has 2 heterocycles. The molecule has 0 N–H and O–H groups in total. The van der Waals surface area contributed by atoms with Crippen LogP contribution in [0.2, 0.25) is 0 Å². The van der Waals surface area contributed by atoms with Crippen LogP contribution in [0.3, 0.4) is 0 Å². The zero-order chi connectivity index (χ0) is 17.2. The minimum atomic E-state index is -3.35. The highest BCUT2D eigenvalue weighted by atomic mass is 32.2. The number of anilines is 1. The van der Waals surface area contributed by atoms with Gasteiger partial charge in [-0.05, 0) is 0 Å². The zero-order valence-corrected chi connectivity index (χ0v) is 14.6. The van der Waals surface area contributed by atoms with Crippen molar-refractivity contribution in [3.05, 3.63) is 42.7 Å². The van der Waals surface area contributed by atoms with Crippen molar-refractivity contribution >= 4 is 16.0 Å². The summed E-state index contributed by atoms with van der Waals surface area (Å²) in [4.78, 5) is 10.8. The Kier molecular flexibility index (Phi) is 4.79. The maximum Gasteiger partial charge on any atom is 0.281 e. The second-order valence-electron chi connectivity index (χ2n) is 5.80. The molecular weight excluding hydrogens is 326 g/mol. The van der Waals surface area contributed by atoms with E-state index in [1.165, 1.54) is 8.61 Å². The van der Waals surface area contributed by atoms with Gasteiger partial charge in [-0.1, -0.05) is 30.3 Å². The second-order valence-corrected chi connectivity index (χ2v) is 7.95. The molecule has 1 aromatic heterocycles. The number of benzene rings is 1. The quantitative estimate of drug-likeness (QED) is 0.827. The molecular formula is C16H21N5O2S. The maximum atomic E-state index is 12.2. The van der Waals surface area contributed by atoms with E-state index < -0.39 is 10.2 Å². The summed E-state index contributed by atoms with van der Waals surface area (Å²) in [5.41, 5.74) is 1.90. The molecule has 7 nitrogen and oxygen atoms in total. The molecule has 128 valence electrons. The molecule has 1 aromatic carbocycles. The van der Waals surface area contributed by atoms with Crippen LogP contribution >= 0.6 is 0 Å². The number of rotatable bonds is 4. The molecule has 1 fully saturated rings. The Bertz CT molecular complexity index is 787. The molecule has 0 spiro atoms. The summed E-state index contributed by atoms with van der Waals surface area (Å²) in [6, 6.07) is 11.9. The molecule has 0 saturated carbocycles. The molecule has 2 aromatic rings. The Morgan fingerprint density at radius 1 is 1.00 bits per heavy atom. The summed E-state index contributed by atoms with van der Waals surface area (Å²) in [6.07, 6.45) is 1.56. The predicted octanol–water partition coefficient (Wildman–Crippen LogP) is 1.07. The van der Waals surface area contributed by atoms with E-state index in [0.717, 1.165) is 17.1 Å². The van der Waals surface area contributed by atoms with Crippen LogP contribution < -0.4 is 4.90 Å². The van der Waals surface area contributed by atoms with Crippen LogP contribution in [0.15, 0.2) is 42.7 Å². The highest BCUT2D eigenvalue weighted by Gasteiger charge is 2.29. The van der Waals surface area contributed by atoms with E-state index in [-0.39, 0.29) is 0 Å². The van der Waals surface area contributed by atoms with E-state index >= 15 is 0 Å². The fraction of sp³-hybridized carbons (Fsp3) is 0.375. The van der Waals surface area contributed by atoms with Crippen molar-refractivity contribution in [3.63, 3.8) is 0 Å². The van der Waals surface area contributed by atoms with Crippen molar-refractivity contribution in [1.29, 1.82) is 0 Å². The third kappa shape index (κ3) is 3.40. The summed E-state index contributed by atoms with van der Waals surface area (Å²) in [6.45, 7) is 2.12. The zero-order valence-electron chi connectivity index (χ0n) is 13.8. The summed E-state index contributed by atoms with van der Waals surface area (Å²) in [5, 5.41) is 0. The first kappa shape index (κ1) is 16.8. The van der Waals surface area contributed by atoms with Gasteiger partial charge >= 0.3 is 0 Å². The molecule has 1 aliphatic rings. The number of aromatic nitrogens is 2. The van der Waals surface area contributed by atoms with Crippen LogP contribution in [-0.4, -0.2) is 67.3 Å². The largest absolute Gasteiger partial charge is 0.354 e. The van der Waals surface area contributed by atoms with Crippen molar-refractivity contribution in [3.8, 4) is 11.3 Å². The van der Waals surface area contributed by atoms with Gasteiger partial charge in [0.15, 0.2) is 0 Å². The van der Waals surface area contributed by atoms with E-state index in [1.807, 2.05) is 36.4 Å². The topological polar surface area (TPSA) is 69.6 Å². The number of hydrogen-bond acceptors (Lipinski definition) is 5. The molecule has 0 amide bonds. The van der Waals surface area contributed by atoms with Crippen LogP contribution in [0.4, 0.5) is 5.82 Å². The lowest BCUT2D eigenvalue weighted by Gasteiger charge is -2.35. The standard InChI is InChI=1S/C16H21N5O2S/c1-19(2)24(22,23)21-10-8-20(9-11-21)16-12-15(17-13-18-16)14-6-4-3-5-7-14/h3-7,12-13H,8-11H2,1-2H3. The number of piperazine rings is 1. The van der Waals surface area contributed by atoms with Gasteiger partial charge in [-0.3, -0.25) is 0 Å². The minimum absolute atomic E-state index is 0.450. The SMILES string of the molecule is CN(C)S(=O)(=O)N1CCN(c2cc(-c3ccccc3)ncn2)CC1. The molecule has 3 rings (SSSR count). The molecule has 1 aliphatic heterocycles. The van der Waals surface area contributed by atoms with Gasteiger partial charge in [-0.2, -0.15) is 17.0 Å². The van der Waals surface area contributed by atoms with E-state index in [0.29, 0.717) is 26.2 Å². The first-order valence-corrected chi connectivity index (χ1v) is 9.18. The Morgan fingerprint density at radius 3 is 2.29 bits per heavy atom. The summed E-state index contributed by atoms with van der Waals surface area (Å²) in [5.74, 6) is 0.825. The summed E-state index contributed by atoms with van der Waals surface area (Å²) >= 11 is 0. The van der Waals surface area contributed by atoms with E-state index in [2.05, 4.69) is 14.9 Å². The van der Waals surface area contributed by atoms with Crippen molar-refractivity contribution in [1.82, 2.24) is 18.6 Å². The number of nitrogens with zero attached hydrogens (tertiary/aromatic N) is 5. The lowest BCUT2D eigenvalue weighted by molar-refractivity contribution is 0.355. The molecule has 0 atom stereocenters. The molecule has 24 heavy (non-hydrogen) atoms. The van der Waals surface area contributed by atoms with Crippen molar-refractivity contribution in [2.24, 2.45) is 0 Å². The molecule has 0 radical (unpaired) electrons. The molecule has 8 heteroatoms. The first-order valence-electron chi connectivity index (χ1n) is 7.78. The smallest absolute Gasteiger partial charge is 0.281 e. The van der Waals surface area contributed by atoms with E-state index in [4.69, 9.17) is 0 Å². The normalized spacial score (nSPS) is 16.5. The highest BCUT2D eigenvalue weighted by molar-refractivity contribution is 7.86. The van der Waals surface area contributed by atoms with Gasteiger partial charge in [0.2, 0.25) is 0 Å². The molecule has 1 saturated heterocycles. The van der Waals surface area contributed by atoms with Crippen LogP contribution in [0, 0.1) is 0 Å². The lowest BCUT2D eigenvalue weighted by Crippen LogP contribution is -2.51. The Balaban J connectivity index is 1.74. The van der Waals surface area contributed by atoms with Crippen LogP contribution in [0.5, 0.6) is 0 Å². The van der Waals surface area contributed by atoms with Crippen molar-refractivity contribution in [2.45, 2.75) is 0 Å². The lowest BCUT2D eigenvalue weighted by atomic mass is 10.1. The van der Waals surface area contributed by atoms with Gasteiger partial charge in [0.1, 0.15) is 12.1 Å². The fourth-order valence-corrected chi connectivity index (χ4v) is 3.75. The van der Waals surface area contributed by atoms with Crippen LogP contribution in [0.25, 0.3) is 11.3 Å². The Morgan fingerprint density at radius 2 is 1.67 bits per heavy atom. The predicted molar refractivity (Wildman–Crippen MR) is 93.9 cm³/mol. The Hall–Kier alpha value is -2.03. The fourth-order valence-electron chi connectivity index (χ4n) is 2.67. The third-order valence-corrected chi connectivity index (χ3v) is 6.01. The third-order valence-electron chi connectivity index (χ3n) is 4.07. The van der Waals surface area contributed by atoms with Crippen molar-refractivity contribution < 1.29 is 8.42 Å². The van der Waals surface area contributed by atoms with Gasteiger partial charge in [-0.25, -0.2) is 9.97 Å². The van der Waals surface area contributed by atoms with Gasteiger partial charge in [-0.15, -0.1) is 0 Å². The summed E-state index contributed by atoms with van der Waals surface area (Å²) in [7, 11) is -0.242. The first-order chi connectivity index (χ1) is 11.5. The summed E-state index contributed by atoms with van der Waals surface area (Å²) < 4.78 is 27.1. The monoisotopic (exact) mass is 347 g/mol. The second kappa shape index (κ2) is 6.84. The van der Waals surface area contributed by atoms with Gasteiger partial charge < -0.3 is 4.90 Å². The van der Waals surface area contributed by atoms with Gasteiger partial charge in [0, 0.05) is 51.9 Å². The molecule has 0 unspecified atom stereocenters.